The quantitative estimate of drug-likeness (QED) is 0.184. The van der Waals surface area contributed by atoms with E-state index in [4.69, 9.17) is 28.2 Å². The Morgan fingerprint density at radius 3 is 2.58 bits per heavy atom. The standard InChI is InChI=1S/C27H23BrCl2N6/c28-22-8-5-19(6-9-22)11-12-35(16-23-10-7-21-3-1-2-4-25(21)33-23)17-26-34-32-18-36(26)15-20-13-24(29)27(30)31-14-20/h1-10,13-14,18H,11-12,15-17H2. The van der Waals surface area contributed by atoms with E-state index in [-0.39, 0.29) is 0 Å². The summed E-state index contributed by atoms with van der Waals surface area (Å²) in [4.78, 5) is 11.4. The minimum atomic E-state index is 0.298. The first kappa shape index (κ1) is 24.8. The molecule has 0 spiro atoms. The molecule has 0 radical (unpaired) electrons. The summed E-state index contributed by atoms with van der Waals surface area (Å²) < 4.78 is 3.09. The van der Waals surface area contributed by atoms with Gasteiger partial charge in [0.15, 0.2) is 0 Å². The third-order valence-corrected chi connectivity index (χ3v) is 7.15. The van der Waals surface area contributed by atoms with E-state index in [1.54, 1.807) is 12.5 Å². The van der Waals surface area contributed by atoms with Crippen molar-refractivity contribution in [1.82, 2.24) is 29.6 Å². The van der Waals surface area contributed by atoms with Crippen LogP contribution in [0.3, 0.4) is 0 Å². The van der Waals surface area contributed by atoms with Crippen molar-refractivity contribution in [1.29, 1.82) is 0 Å². The molecule has 5 rings (SSSR count). The smallest absolute Gasteiger partial charge is 0.147 e. The average molecular weight is 582 g/mol. The molecule has 0 saturated carbocycles. The molecule has 0 bridgehead atoms. The molecule has 0 N–H and O–H groups in total. The molecule has 36 heavy (non-hydrogen) atoms. The van der Waals surface area contributed by atoms with Crippen molar-refractivity contribution in [2.75, 3.05) is 6.54 Å². The molecule has 0 aliphatic carbocycles. The van der Waals surface area contributed by atoms with Crippen LogP contribution in [0.25, 0.3) is 10.9 Å². The second-order valence-electron chi connectivity index (χ2n) is 8.57. The van der Waals surface area contributed by atoms with Gasteiger partial charge in [-0.3, -0.25) is 9.88 Å². The van der Waals surface area contributed by atoms with Gasteiger partial charge >= 0.3 is 0 Å². The molecule has 6 nitrogen and oxygen atoms in total. The Hall–Kier alpha value is -2.84. The summed E-state index contributed by atoms with van der Waals surface area (Å²) in [6.45, 7) is 2.72. The van der Waals surface area contributed by atoms with Crippen LogP contribution in [-0.4, -0.2) is 36.2 Å². The molecule has 3 aromatic heterocycles. The Balaban J connectivity index is 1.36. The van der Waals surface area contributed by atoms with E-state index in [1.165, 1.54) is 5.56 Å². The predicted octanol–water partition coefficient (Wildman–Crippen LogP) is 6.58. The van der Waals surface area contributed by atoms with Gasteiger partial charge in [0, 0.05) is 29.1 Å². The van der Waals surface area contributed by atoms with Gasteiger partial charge in [-0.25, -0.2) is 4.98 Å². The Kier molecular flexibility index (Phi) is 7.92. The summed E-state index contributed by atoms with van der Waals surface area (Å²) in [5.74, 6) is 0.859. The number of para-hydroxylation sites is 1. The van der Waals surface area contributed by atoms with Crippen molar-refractivity contribution in [2.24, 2.45) is 0 Å². The first-order chi connectivity index (χ1) is 17.5. The topological polar surface area (TPSA) is 59.7 Å². The summed E-state index contributed by atoms with van der Waals surface area (Å²) in [6.07, 6.45) is 4.37. The molecule has 0 unspecified atom stereocenters. The Morgan fingerprint density at radius 1 is 0.917 bits per heavy atom. The molecular weight excluding hydrogens is 559 g/mol. The van der Waals surface area contributed by atoms with Crippen LogP contribution in [0.5, 0.6) is 0 Å². The van der Waals surface area contributed by atoms with Gasteiger partial charge in [-0.1, -0.05) is 75.5 Å². The maximum atomic E-state index is 6.17. The SMILES string of the molecule is Clc1cc(Cn2cnnc2CN(CCc2ccc(Br)cc2)Cc2ccc3ccccc3n2)cnc1Cl. The van der Waals surface area contributed by atoms with Crippen molar-refractivity contribution in [3.8, 4) is 0 Å². The Bertz CT molecular complexity index is 1470. The van der Waals surface area contributed by atoms with E-state index in [0.29, 0.717) is 29.8 Å². The Morgan fingerprint density at radius 2 is 1.75 bits per heavy atom. The zero-order chi connectivity index (χ0) is 24.9. The van der Waals surface area contributed by atoms with Gasteiger partial charge in [-0.2, -0.15) is 0 Å². The predicted molar refractivity (Wildman–Crippen MR) is 147 cm³/mol. The lowest BCUT2D eigenvalue weighted by atomic mass is 10.1. The number of benzene rings is 2. The van der Waals surface area contributed by atoms with Gasteiger partial charge in [0.05, 0.1) is 29.3 Å². The zero-order valence-corrected chi connectivity index (χ0v) is 22.5. The summed E-state index contributed by atoms with van der Waals surface area (Å²) >= 11 is 15.7. The van der Waals surface area contributed by atoms with Gasteiger partial charge in [0.25, 0.3) is 0 Å². The van der Waals surface area contributed by atoms with Crippen LogP contribution in [0.15, 0.2) is 83.7 Å². The maximum Gasteiger partial charge on any atom is 0.147 e. The summed E-state index contributed by atoms with van der Waals surface area (Å²) in [7, 11) is 0. The van der Waals surface area contributed by atoms with Crippen molar-refractivity contribution in [2.45, 2.75) is 26.1 Å². The first-order valence-electron chi connectivity index (χ1n) is 11.5. The highest BCUT2D eigenvalue weighted by atomic mass is 79.9. The second kappa shape index (κ2) is 11.5. The van der Waals surface area contributed by atoms with Crippen molar-refractivity contribution >= 4 is 50.0 Å². The number of halogens is 3. The average Bonchev–Trinajstić information content (AvgIpc) is 3.32. The van der Waals surface area contributed by atoms with Gasteiger partial charge < -0.3 is 4.57 Å². The fraction of sp³-hybridized carbons (Fsp3) is 0.185. The van der Waals surface area contributed by atoms with E-state index in [2.05, 4.69) is 78.5 Å². The monoisotopic (exact) mass is 580 g/mol. The maximum absolute atomic E-state index is 6.17. The number of hydrogen-bond donors (Lipinski definition) is 0. The molecule has 2 aromatic carbocycles. The minimum Gasteiger partial charge on any atom is -0.312 e. The summed E-state index contributed by atoms with van der Waals surface area (Å²) in [5.41, 5.74) is 4.23. The zero-order valence-electron chi connectivity index (χ0n) is 19.4. The van der Waals surface area contributed by atoms with E-state index >= 15 is 0 Å². The lowest BCUT2D eigenvalue weighted by molar-refractivity contribution is 0.247. The van der Waals surface area contributed by atoms with E-state index in [9.17, 15) is 0 Å². The van der Waals surface area contributed by atoms with Crippen LogP contribution in [0.1, 0.15) is 22.6 Å². The lowest BCUT2D eigenvalue weighted by Gasteiger charge is -2.22. The Labute approximate surface area is 228 Å². The van der Waals surface area contributed by atoms with Crippen LogP contribution >= 0.6 is 39.1 Å². The van der Waals surface area contributed by atoms with Crippen LogP contribution in [-0.2, 0) is 26.1 Å². The van der Waals surface area contributed by atoms with Crippen LogP contribution < -0.4 is 0 Å². The highest BCUT2D eigenvalue weighted by molar-refractivity contribution is 9.10. The third-order valence-electron chi connectivity index (χ3n) is 5.94. The van der Waals surface area contributed by atoms with Gasteiger partial charge in [-0.05, 0) is 47.9 Å². The molecule has 0 aliphatic heterocycles. The fourth-order valence-corrected chi connectivity index (χ4v) is 4.61. The van der Waals surface area contributed by atoms with Gasteiger partial charge in [0.2, 0.25) is 0 Å². The normalized spacial score (nSPS) is 11.4. The molecule has 0 fully saturated rings. The molecule has 9 heteroatoms. The molecule has 0 aliphatic rings. The van der Waals surface area contributed by atoms with E-state index in [1.807, 2.05) is 28.8 Å². The number of fused-ring (bicyclic) bond motifs is 1. The summed E-state index contributed by atoms with van der Waals surface area (Å²) in [5, 5.41) is 10.5. The number of rotatable bonds is 9. The van der Waals surface area contributed by atoms with Crippen LogP contribution in [0, 0.1) is 0 Å². The molecule has 0 saturated heterocycles. The lowest BCUT2D eigenvalue weighted by Crippen LogP contribution is -2.27. The number of aromatic nitrogens is 5. The van der Waals surface area contributed by atoms with Gasteiger partial charge in [0.1, 0.15) is 17.3 Å². The van der Waals surface area contributed by atoms with Crippen LogP contribution in [0.4, 0.5) is 0 Å². The molecule has 3 heterocycles. The van der Waals surface area contributed by atoms with Gasteiger partial charge in [-0.15, -0.1) is 10.2 Å². The highest BCUT2D eigenvalue weighted by Crippen LogP contribution is 2.21. The van der Waals surface area contributed by atoms with E-state index in [0.717, 1.165) is 45.4 Å². The van der Waals surface area contributed by atoms with E-state index < -0.39 is 0 Å². The number of hydrogen-bond acceptors (Lipinski definition) is 5. The molecular formula is C27H23BrCl2N6. The van der Waals surface area contributed by atoms with Crippen molar-refractivity contribution in [3.05, 3.63) is 117 Å². The highest BCUT2D eigenvalue weighted by Gasteiger charge is 2.14. The van der Waals surface area contributed by atoms with Crippen molar-refractivity contribution < 1.29 is 0 Å². The number of pyridine rings is 2. The first-order valence-corrected chi connectivity index (χ1v) is 13.1. The largest absolute Gasteiger partial charge is 0.312 e. The molecule has 0 atom stereocenters. The number of nitrogens with zero attached hydrogens (tertiary/aromatic N) is 6. The van der Waals surface area contributed by atoms with Crippen LogP contribution in [0.2, 0.25) is 10.2 Å². The molecule has 182 valence electrons. The third kappa shape index (κ3) is 6.28. The fourth-order valence-electron chi connectivity index (χ4n) is 4.06. The minimum absolute atomic E-state index is 0.298. The van der Waals surface area contributed by atoms with Crippen molar-refractivity contribution in [3.63, 3.8) is 0 Å². The molecule has 5 aromatic rings. The second-order valence-corrected chi connectivity index (χ2v) is 10.3. The molecule has 0 amide bonds. The summed E-state index contributed by atoms with van der Waals surface area (Å²) in [6, 6.07) is 22.7.